The lowest BCUT2D eigenvalue weighted by Crippen LogP contribution is -2.32. The van der Waals surface area contributed by atoms with Crippen molar-refractivity contribution in [1.29, 1.82) is 0 Å². The first-order valence-electron chi connectivity index (χ1n) is 10.5. The standard InChI is InChI=1S/C24H22N2O6/c27-20-16-9-1-2-10-17(16)21(28)25(20)13-5-7-15(24(31)32)8-6-14-26-22(29)18-11-3-4-12-19(18)23(26)30/h1-4,9-12,15H,5-8,13-14H2,(H,31,32). The number of amides is 4. The first-order chi connectivity index (χ1) is 15.4. The van der Waals surface area contributed by atoms with Gasteiger partial charge in [0.25, 0.3) is 23.6 Å². The highest BCUT2D eigenvalue weighted by Crippen LogP contribution is 2.25. The summed E-state index contributed by atoms with van der Waals surface area (Å²) in [4.78, 5) is 63.6. The average Bonchev–Trinajstić information content (AvgIpc) is 3.18. The van der Waals surface area contributed by atoms with E-state index in [2.05, 4.69) is 0 Å². The van der Waals surface area contributed by atoms with Crippen molar-refractivity contribution in [3.05, 3.63) is 70.8 Å². The van der Waals surface area contributed by atoms with E-state index in [0.717, 1.165) is 9.80 Å². The summed E-state index contributed by atoms with van der Waals surface area (Å²) in [6.45, 7) is 0.295. The van der Waals surface area contributed by atoms with Crippen LogP contribution in [0.2, 0.25) is 0 Å². The molecule has 0 fully saturated rings. The highest BCUT2D eigenvalue weighted by molar-refractivity contribution is 6.22. The molecule has 32 heavy (non-hydrogen) atoms. The lowest BCUT2D eigenvalue weighted by Gasteiger charge is -2.18. The molecule has 2 aromatic rings. The Morgan fingerprint density at radius 2 is 0.969 bits per heavy atom. The predicted octanol–water partition coefficient (Wildman–Crippen LogP) is 2.84. The summed E-state index contributed by atoms with van der Waals surface area (Å²) in [5.74, 6) is -3.10. The quantitative estimate of drug-likeness (QED) is 0.608. The fourth-order valence-corrected chi connectivity index (χ4v) is 4.27. The number of fused-ring (bicyclic) bond motifs is 2. The van der Waals surface area contributed by atoms with Gasteiger partial charge in [0.2, 0.25) is 0 Å². The molecule has 8 heteroatoms. The van der Waals surface area contributed by atoms with Crippen LogP contribution < -0.4 is 0 Å². The van der Waals surface area contributed by atoms with Crippen LogP contribution in [0.5, 0.6) is 0 Å². The fourth-order valence-electron chi connectivity index (χ4n) is 4.27. The zero-order chi connectivity index (χ0) is 22.8. The molecular formula is C24H22N2O6. The van der Waals surface area contributed by atoms with Gasteiger partial charge in [-0.3, -0.25) is 33.8 Å². The molecule has 0 bridgehead atoms. The van der Waals surface area contributed by atoms with Crippen molar-refractivity contribution in [1.82, 2.24) is 9.80 Å². The Bertz CT molecular complexity index is 973. The maximum atomic E-state index is 12.4. The van der Waals surface area contributed by atoms with Crippen molar-refractivity contribution in [3.63, 3.8) is 0 Å². The first kappa shape index (κ1) is 21.4. The highest BCUT2D eigenvalue weighted by atomic mass is 16.4. The van der Waals surface area contributed by atoms with Gasteiger partial charge in [-0.05, 0) is 49.9 Å². The molecule has 0 radical (unpaired) electrons. The first-order valence-corrected chi connectivity index (χ1v) is 10.5. The van der Waals surface area contributed by atoms with Crippen LogP contribution in [0.25, 0.3) is 0 Å². The van der Waals surface area contributed by atoms with Gasteiger partial charge in [-0.25, -0.2) is 0 Å². The molecule has 1 N–H and O–H groups in total. The number of carbonyl (C=O) groups is 5. The van der Waals surface area contributed by atoms with Crippen molar-refractivity contribution in [2.24, 2.45) is 5.92 Å². The van der Waals surface area contributed by atoms with Gasteiger partial charge in [0.05, 0.1) is 28.2 Å². The lowest BCUT2D eigenvalue weighted by atomic mass is 9.97. The van der Waals surface area contributed by atoms with Gasteiger partial charge >= 0.3 is 5.97 Å². The maximum Gasteiger partial charge on any atom is 0.306 e. The summed E-state index contributed by atoms with van der Waals surface area (Å²) < 4.78 is 0. The molecule has 0 unspecified atom stereocenters. The summed E-state index contributed by atoms with van der Waals surface area (Å²) in [5.41, 5.74) is 1.47. The van der Waals surface area contributed by atoms with Crippen LogP contribution in [-0.2, 0) is 4.79 Å². The van der Waals surface area contributed by atoms with E-state index in [9.17, 15) is 29.1 Å². The van der Waals surface area contributed by atoms with Gasteiger partial charge in [-0.1, -0.05) is 24.3 Å². The van der Waals surface area contributed by atoms with Gasteiger partial charge in [-0.15, -0.1) is 0 Å². The molecule has 164 valence electrons. The molecule has 0 atom stereocenters. The van der Waals surface area contributed by atoms with Gasteiger partial charge in [-0.2, -0.15) is 0 Å². The summed E-state index contributed by atoms with van der Waals surface area (Å²) in [5, 5.41) is 9.55. The Kier molecular flexibility index (Phi) is 5.85. The molecule has 0 saturated carbocycles. The number of carbonyl (C=O) groups excluding carboxylic acids is 4. The fraction of sp³-hybridized carbons (Fsp3) is 0.292. The SMILES string of the molecule is O=C(O)C(CCCN1C(=O)c2ccccc2C1=O)CCCN1C(=O)c2ccccc2C1=O. The van der Waals surface area contributed by atoms with E-state index < -0.39 is 11.9 Å². The number of carboxylic acid groups (broad SMARTS) is 1. The lowest BCUT2D eigenvalue weighted by molar-refractivity contribution is -0.142. The Labute approximate surface area is 184 Å². The summed E-state index contributed by atoms with van der Waals surface area (Å²) in [6.07, 6.45) is 1.28. The van der Waals surface area contributed by atoms with Gasteiger partial charge in [0, 0.05) is 13.1 Å². The highest BCUT2D eigenvalue weighted by Gasteiger charge is 2.36. The number of imide groups is 2. The van der Waals surface area contributed by atoms with Crippen molar-refractivity contribution in [3.8, 4) is 0 Å². The van der Waals surface area contributed by atoms with Crippen LogP contribution in [-0.4, -0.2) is 57.6 Å². The van der Waals surface area contributed by atoms with Crippen LogP contribution in [0.15, 0.2) is 48.5 Å². The molecule has 0 aromatic heterocycles. The summed E-state index contributed by atoms with van der Waals surface area (Å²) in [7, 11) is 0. The normalized spacial score (nSPS) is 15.0. The second-order valence-electron chi connectivity index (χ2n) is 7.93. The third kappa shape index (κ3) is 3.79. The van der Waals surface area contributed by atoms with E-state index in [1.807, 2.05) is 0 Å². The molecule has 0 aliphatic carbocycles. The largest absolute Gasteiger partial charge is 0.481 e. The zero-order valence-electron chi connectivity index (χ0n) is 17.3. The minimum Gasteiger partial charge on any atom is -0.481 e. The molecule has 2 heterocycles. The molecular weight excluding hydrogens is 412 g/mol. The minimum atomic E-state index is -0.977. The van der Waals surface area contributed by atoms with Crippen molar-refractivity contribution in [2.75, 3.05) is 13.1 Å². The van der Waals surface area contributed by atoms with Gasteiger partial charge < -0.3 is 5.11 Å². The van der Waals surface area contributed by atoms with E-state index in [1.165, 1.54) is 0 Å². The number of nitrogens with zero attached hydrogens (tertiary/aromatic N) is 2. The van der Waals surface area contributed by atoms with E-state index >= 15 is 0 Å². The monoisotopic (exact) mass is 434 g/mol. The minimum absolute atomic E-state index is 0.147. The van der Waals surface area contributed by atoms with Crippen LogP contribution >= 0.6 is 0 Å². The Morgan fingerprint density at radius 1 is 0.656 bits per heavy atom. The van der Waals surface area contributed by atoms with E-state index in [0.29, 0.717) is 35.1 Å². The zero-order valence-corrected chi connectivity index (χ0v) is 17.3. The van der Waals surface area contributed by atoms with E-state index in [-0.39, 0.29) is 49.6 Å². The molecule has 4 amide bonds. The third-order valence-corrected chi connectivity index (χ3v) is 5.97. The van der Waals surface area contributed by atoms with Crippen LogP contribution in [0.1, 0.15) is 67.1 Å². The number of hydrogen-bond donors (Lipinski definition) is 1. The topological polar surface area (TPSA) is 112 Å². The molecule has 2 aliphatic rings. The van der Waals surface area contributed by atoms with Crippen molar-refractivity contribution >= 4 is 29.6 Å². The molecule has 0 saturated heterocycles. The maximum absolute atomic E-state index is 12.4. The summed E-state index contributed by atoms with van der Waals surface area (Å²) >= 11 is 0. The number of benzene rings is 2. The second kappa shape index (κ2) is 8.74. The van der Waals surface area contributed by atoms with Crippen LogP contribution in [0.4, 0.5) is 0 Å². The predicted molar refractivity (Wildman–Crippen MR) is 113 cm³/mol. The van der Waals surface area contributed by atoms with Gasteiger partial charge in [0.15, 0.2) is 0 Å². The second-order valence-corrected chi connectivity index (χ2v) is 7.93. The number of carboxylic acids is 1. The Morgan fingerprint density at radius 3 is 1.25 bits per heavy atom. The van der Waals surface area contributed by atoms with E-state index in [4.69, 9.17) is 0 Å². The number of rotatable bonds is 9. The third-order valence-electron chi connectivity index (χ3n) is 5.97. The smallest absolute Gasteiger partial charge is 0.306 e. The van der Waals surface area contributed by atoms with E-state index in [1.54, 1.807) is 48.5 Å². The molecule has 0 spiro atoms. The Hall–Kier alpha value is -3.81. The molecule has 4 rings (SSSR count). The van der Waals surface area contributed by atoms with Crippen molar-refractivity contribution < 1.29 is 29.1 Å². The molecule has 8 nitrogen and oxygen atoms in total. The molecule has 2 aliphatic heterocycles. The van der Waals surface area contributed by atoms with Crippen LogP contribution in [0.3, 0.4) is 0 Å². The summed E-state index contributed by atoms with van der Waals surface area (Å²) in [6, 6.07) is 13.2. The van der Waals surface area contributed by atoms with Gasteiger partial charge in [0.1, 0.15) is 0 Å². The number of aliphatic carboxylic acids is 1. The van der Waals surface area contributed by atoms with Crippen molar-refractivity contribution in [2.45, 2.75) is 25.7 Å². The Balaban J connectivity index is 1.28. The molecule has 2 aromatic carbocycles. The average molecular weight is 434 g/mol. The number of hydrogen-bond acceptors (Lipinski definition) is 5. The van der Waals surface area contributed by atoms with Crippen LogP contribution in [0, 0.1) is 5.92 Å².